The minimum Gasteiger partial charge on any atom is -0.345 e. The van der Waals surface area contributed by atoms with E-state index in [0.29, 0.717) is 18.2 Å². The number of carbonyl (C=O) groups is 1. The molecule has 1 fully saturated rings. The molecule has 0 saturated carbocycles. The van der Waals surface area contributed by atoms with Gasteiger partial charge in [0.2, 0.25) is 0 Å². The van der Waals surface area contributed by atoms with Gasteiger partial charge in [-0.3, -0.25) is 14.6 Å². The summed E-state index contributed by atoms with van der Waals surface area (Å²) in [5, 5.41) is 21.6. The lowest BCUT2D eigenvalue weighted by Crippen LogP contribution is -2.32. The van der Waals surface area contributed by atoms with Crippen molar-refractivity contribution in [3.8, 4) is 11.3 Å². The van der Waals surface area contributed by atoms with E-state index in [9.17, 15) is 4.79 Å². The molecule has 1 aliphatic heterocycles. The van der Waals surface area contributed by atoms with Gasteiger partial charge in [0.25, 0.3) is 5.91 Å². The van der Waals surface area contributed by atoms with Gasteiger partial charge in [-0.1, -0.05) is 35.5 Å². The molecular weight excluding hydrogens is 342 g/mol. The second-order valence-electron chi connectivity index (χ2n) is 6.87. The van der Waals surface area contributed by atoms with Crippen LogP contribution in [0.4, 0.5) is 0 Å². The second kappa shape index (κ2) is 8.13. The number of piperidine rings is 1. The minimum atomic E-state index is -0.237. The van der Waals surface area contributed by atoms with Crippen molar-refractivity contribution in [2.24, 2.45) is 5.92 Å². The third-order valence-electron chi connectivity index (χ3n) is 4.76. The van der Waals surface area contributed by atoms with E-state index < -0.39 is 0 Å². The Morgan fingerprint density at radius 1 is 1.30 bits per heavy atom. The molecule has 1 amide bonds. The zero-order chi connectivity index (χ0) is 18.5. The Morgan fingerprint density at radius 3 is 3.00 bits per heavy atom. The molecule has 1 aliphatic rings. The van der Waals surface area contributed by atoms with Gasteiger partial charge in [-0.05, 0) is 37.9 Å². The van der Waals surface area contributed by atoms with Crippen molar-refractivity contribution in [2.45, 2.75) is 25.9 Å². The Kier molecular flexibility index (Phi) is 5.24. The predicted molar refractivity (Wildman–Crippen MR) is 101 cm³/mol. The van der Waals surface area contributed by atoms with Crippen molar-refractivity contribution in [1.82, 2.24) is 35.8 Å². The zero-order valence-electron chi connectivity index (χ0n) is 15.1. The Morgan fingerprint density at radius 2 is 2.19 bits per heavy atom. The average molecular weight is 365 g/mol. The highest BCUT2D eigenvalue weighted by Crippen LogP contribution is 2.16. The van der Waals surface area contributed by atoms with Crippen LogP contribution in [0.25, 0.3) is 11.3 Å². The molecule has 0 radical (unpaired) electrons. The molecule has 8 heteroatoms. The van der Waals surface area contributed by atoms with Crippen molar-refractivity contribution < 1.29 is 4.79 Å². The van der Waals surface area contributed by atoms with Crippen LogP contribution in [0.5, 0.6) is 0 Å². The quantitative estimate of drug-likeness (QED) is 0.616. The second-order valence-corrected chi connectivity index (χ2v) is 6.87. The van der Waals surface area contributed by atoms with E-state index >= 15 is 0 Å². The first-order valence-electron chi connectivity index (χ1n) is 9.27. The molecule has 4 rings (SSSR count). The summed E-state index contributed by atoms with van der Waals surface area (Å²) in [6, 6.07) is 11.8. The van der Waals surface area contributed by atoms with Gasteiger partial charge in [0.05, 0.1) is 24.1 Å². The van der Waals surface area contributed by atoms with Gasteiger partial charge < -0.3 is 10.6 Å². The number of nitrogens with one attached hydrogen (secondary N) is 3. The molecule has 1 aromatic carbocycles. The maximum atomic E-state index is 12.3. The highest BCUT2D eigenvalue weighted by Gasteiger charge is 2.16. The number of H-pyrrole nitrogens is 1. The van der Waals surface area contributed by atoms with Gasteiger partial charge in [-0.25, -0.2) is 0 Å². The summed E-state index contributed by atoms with van der Waals surface area (Å²) in [5.41, 5.74) is 3.06. The van der Waals surface area contributed by atoms with E-state index in [4.69, 9.17) is 0 Å². The number of hydrogen-bond acceptors (Lipinski definition) is 5. The van der Waals surface area contributed by atoms with E-state index in [1.165, 1.54) is 12.8 Å². The van der Waals surface area contributed by atoms with Crippen LogP contribution in [-0.2, 0) is 13.1 Å². The molecule has 8 nitrogen and oxygen atoms in total. The van der Waals surface area contributed by atoms with Gasteiger partial charge in [-0.15, -0.1) is 5.10 Å². The van der Waals surface area contributed by atoms with E-state index in [-0.39, 0.29) is 5.91 Å². The zero-order valence-corrected chi connectivity index (χ0v) is 15.1. The topological polar surface area (TPSA) is 101 Å². The summed E-state index contributed by atoms with van der Waals surface area (Å²) in [6.45, 7) is 3.22. The number of aromatic amines is 1. The Bertz CT molecular complexity index is 880. The third-order valence-corrected chi connectivity index (χ3v) is 4.76. The Hall–Kier alpha value is -3.00. The number of amides is 1. The minimum absolute atomic E-state index is 0.237. The van der Waals surface area contributed by atoms with Gasteiger partial charge in [0, 0.05) is 12.1 Å². The first kappa shape index (κ1) is 17.4. The van der Waals surface area contributed by atoms with E-state index in [1.54, 1.807) is 10.9 Å². The van der Waals surface area contributed by atoms with Gasteiger partial charge in [0.1, 0.15) is 0 Å². The highest BCUT2D eigenvalue weighted by atomic mass is 16.2. The first-order chi connectivity index (χ1) is 13.3. The summed E-state index contributed by atoms with van der Waals surface area (Å²) in [5.74, 6) is 0.302. The molecule has 3 heterocycles. The molecule has 140 valence electrons. The molecule has 1 saturated heterocycles. The van der Waals surface area contributed by atoms with Crippen LogP contribution in [0.1, 0.15) is 29.0 Å². The van der Waals surface area contributed by atoms with Gasteiger partial charge >= 0.3 is 0 Å². The number of carbonyl (C=O) groups excluding carboxylic acids is 1. The van der Waals surface area contributed by atoms with Gasteiger partial charge in [-0.2, -0.15) is 5.10 Å². The van der Waals surface area contributed by atoms with Gasteiger partial charge in [0.15, 0.2) is 5.69 Å². The molecule has 0 bridgehead atoms. The summed E-state index contributed by atoms with van der Waals surface area (Å²) < 4.78 is 1.76. The molecule has 3 aromatic rings. The molecular formula is C19H23N7O. The molecule has 1 atom stereocenters. The largest absolute Gasteiger partial charge is 0.345 e. The fraction of sp³-hybridized carbons (Fsp3) is 0.368. The highest BCUT2D eigenvalue weighted by molar-refractivity contribution is 5.91. The van der Waals surface area contributed by atoms with Crippen molar-refractivity contribution in [3.05, 3.63) is 54.0 Å². The van der Waals surface area contributed by atoms with Crippen molar-refractivity contribution in [1.29, 1.82) is 0 Å². The lowest BCUT2D eigenvalue weighted by atomic mass is 10.00. The van der Waals surface area contributed by atoms with Crippen LogP contribution in [0.2, 0.25) is 0 Å². The molecule has 2 aromatic heterocycles. The Balaban J connectivity index is 1.31. The molecule has 0 spiro atoms. The van der Waals surface area contributed by atoms with Crippen LogP contribution >= 0.6 is 0 Å². The fourth-order valence-corrected chi connectivity index (χ4v) is 3.31. The fourth-order valence-electron chi connectivity index (χ4n) is 3.31. The average Bonchev–Trinajstić information content (AvgIpc) is 3.37. The number of aromatic nitrogens is 5. The molecule has 1 unspecified atom stereocenters. The maximum absolute atomic E-state index is 12.3. The van der Waals surface area contributed by atoms with E-state index in [2.05, 4.69) is 31.1 Å². The van der Waals surface area contributed by atoms with E-state index in [0.717, 1.165) is 36.6 Å². The molecule has 3 N–H and O–H groups in total. The normalized spacial score (nSPS) is 17.0. The lowest BCUT2D eigenvalue weighted by Gasteiger charge is -2.22. The number of rotatable bonds is 6. The summed E-state index contributed by atoms with van der Waals surface area (Å²) in [7, 11) is 0. The SMILES string of the molecule is O=C(NCc1cc(-c2ccccc2)n[nH]1)c1cn(CC2CCCNC2)nn1. The number of nitrogens with zero attached hydrogens (tertiary/aromatic N) is 4. The molecule has 27 heavy (non-hydrogen) atoms. The smallest absolute Gasteiger partial charge is 0.273 e. The van der Waals surface area contributed by atoms with Crippen LogP contribution in [0, 0.1) is 5.92 Å². The number of hydrogen-bond donors (Lipinski definition) is 3. The summed E-state index contributed by atoms with van der Waals surface area (Å²) >= 11 is 0. The summed E-state index contributed by atoms with van der Waals surface area (Å²) in [4.78, 5) is 12.3. The Labute approximate surface area is 157 Å². The summed E-state index contributed by atoms with van der Waals surface area (Å²) in [6.07, 6.45) is 4.08. The lowest BCUT2D eigenvalue weighted by molar-refractivity contribution is 0.0945. The monoisotopic (exact) mass is 365 g/mol. The van der Waals surface area contributed by atoms with Crippen LogP contribution < -0.4 is 10.6 Å². The van der Waals surface area contributed by atoms with Crippen LogP contribution in [0.3, 0.4) is 0 Å². The van der Waals surface area contributed by atoms with Crippen molar-refractivity contribution in [3.63, 3.8) is 0 Å². The van der Waals surface area contributed by atoms with Crippen LogP contribution in [0.15, 0.2) is 42.6 Å². The van der Waals surface area contributed by atoms with E-state index in [1.807, 2.05) is 36.4 Å². The van der Waals surface area contributed by atoms with Crippen molar-refractivity contribution >= 4 is 5.91 Å². The third kappa shape index (κ3) is 4.40. The predicted octanol–water partition coefficient (Wildman–Crippen LogP) is 1.60. The first-order valence-corrected chi connectivity index (χ1v) is 9.27. The van der Waals surface area contributed by atoms with Crippen LogP contribution in [-0.4, -0.2) is 44.2 Å². The standard InChI is InChI=1S/C19H23N7O/c27-19(18-13-26(25-24-18)12-14-5-4-8-20-10-14)21-11-16-9-17(23-22-16)15-6-2-1-3-7-15/h1-3,6-7,9,13-14,20H,4-5,8,10-12H2,(H,21,27)(H,22,23). The number of benzene rings is 1. The van der Waals surface area contributed by atoms with Crippen molar-refractivity contribution in [2.75, 3.05) is 13.1 Å². The molecule has 0 aliphatic carbocycles. The maximum Gasteiger partial charge on any atom is 0.273 e.